The smallest absolute Gasteiger partial charge is 0.245 e. The van der Waals surface area contributed by atoms with Crippen LogP contribution in [0.15, 0.2) is 24.5 Å². The number of carbonyl (C=O) groups is 2. The minimum Gasteiger partial charge on any atom is -0.352 e. The van der Waals surface area contributed by atoms with E-state index in [1.807, 2.05) is 18.3 Å². The Kier molecular flexibility index (Phi) is 3.00. The molecule has 0 unspecified atom stereocenters. The molecule has 2 atom stereocenters. The molecule has 1 aromatic heterocycles. The summed E-state index contributed by atoms with van der Waals surface area (Å²) in [6.07, 6.45) is 4.42. The molecule has 106 valence electrons. The van der Waals surface area contributed by atoms with E-state index in [9.17, 15) is 9.59 Å². The van der Waals surface area contributed by atoms with Gasteiger partial charge in [0, 0.05) is 31.4 Å². The summed E-state index contributed by atoms with van der Waals surface area (Å²) in [4.78, 5) is 30.4. The normalized spacial score (nSPS) is 27.9. The molecule has 1 saturated heterocycles. The van der Waals surface area contributed by atoms with Crippen LogP contribution in [0.2, 0.25) is 0 Å². The molecule has 5 nitrogen and oxygen atoms in total. The Morgan fingerprint density at radius 2 is 2.30 bits per heavy atom. The predicted molar refractivity (Wildman–Crippen MR) is 73.9 cm³/mol. The van der Waals surface area contributed by atoms with Crippen molar-refractivity contribution in [3.05, 3.63) is 30.1 Å². The Morgan fingerprint density at radius 1 is 1.50 bits per heavy atom. The summed E-state index contributed by atoms with van der Waals surface area (Å²) in [5.74, 6) is 0.288. The van der Waals surface area contributed by atoms with E-state index in [2.05, 4.69) is 10.3 Å². The van der Waals surface area contributed by atoms with Gasteiger partial charge in [0.1, 0.15) is 5.54 Å². The van der Waals surface area contributed by atoms with Crippen LogP contribution in [0.1, 0.15) is 31.7 Å². The molecule has 2 fully saturated rings. The van der Waals surface area contributed by atoms with Crippen molar-refractivity contribution < 1.29 is 9.59 Å². The van der Waals surface area contributed by atoms with Crippen LogP contribution in [0.5, 0.6) is 0 Å². The van der Waals surface area contributed by atoms with Crippen LogP contribution < -0.4 is 5.32 Å². The first-order valence-electron chi connectivity index (χ1n) is 7.01. The monoisotopic (exact) mass is 273 g/mol. The lowest BCUT2D eigenvalue weighted by Crippen LogP contribution is -2.63. The van der Waals surface area contributed by atoms with Gasteiger partial charge in [-0.25, -0.2) is 0 Å². The highest BCUT2D eigenvalue weighted by atomic mass is 16.2. The van der Waals surface area contributed by atoms with E-state index in [-0.39, 0.29) is 23.7 Å². The number of hydrogen-bond donors (Lipinski definition) is 1. The first kappa shape index (κ1) is 13.1. The molecule has 2 heterocycles. The Morgan fingerprint density at radius 3 is 3.00 bits per heavy atom. The second-order valence-corrected chi connectivity index (χ2v) is 6.04. The van der Waals surface area contributed by atoms with Crippen molar-refractivity contribution in [2.75, 3.05) is 13.1 Å². The van der Waals surface area contributed by atoms with Crippen molar-refractivity contribution in [1.82, 2.24) is 15.2 Å². The summed E-state index contributed by atoms with van der Waals surface area (Å²) in [6.45, 7) is 4.74. The van der Waals surface area contributed by atoms with E-state index < -0.39 is 5.54 Å². The van der Waals surface area contributed by atoms with E-state index >= 15 is 0 Å². The molecule has 0 spiro atoms. The maximum Gasteiger partial charge on any atom is 0.245 e. The molecular weight excluding hydrogens is 254 g/mol. The molecule has 1 aromatic rings. The van der Waals surface area contributed by atoms with Crippen molar-refractivity contribution in [3.8, 4) is 0 Å². The van der Waals surface area contributed by atoms with E-state index in [0.29, 0.717) is 13.1 Å². The Balaban J connectivity index is 1.73. The molecular formula is C15H19N3O2. The number of aromatic nitrogens is 1. The van der Waals surface area contributed by atoms with Crippen molar-refractivity contribution in [1.29, 1.82) is 0 Å². The number of nitrogens with one attached hydrogen (secondary N) is 1. The lowest BCUT2D eigenvalue weighted by molar-refractivity contribution is -0.150. The van der Waals surface area contributed by atoms with Crippen molar-refractivity contribution in [3.63, 3.8) is 0 Å². The van der Waals surface area contributed by atoms with Gasteiger partial charge in [-0.05, 0) is 37.8 Å². The number of nitrogens with zero attached hydrogens (tertiary/aromatic N) is 2. The SMILES string of the molecule is CC1(C)C(=O)NCCN1C(=O)[C@H]1C[C@H]1c1cccnc1. The largest absolute Gasteiger partial charge is 0.352 e. The van der Waals surface area contributed by atoms with Crippen LogP contribution in [0.4, 0.5) is 0 Å². The summed E-state index contributed by atoms with van der Waals surface area (Å²) in [7, 11) is 0. The number of hydrogen-bond acceptors (Lipinski definition) is 3. The molecule has 0 bridgehead atoms. The average molecular weight is 273 g/mol. The minimum atomic E-state index is -0.753. The molecule has 0 aromatic carbocycles. The zero-order valence-electron chi connectivity index (χ0n) is 11.8. The molecule has 20 heavy (non-hydrogen) atoms. The van der Waals surface area contributed by atoms with Crippen molar-refractivity contribution in [2.45, 2.75) is 31.7 Å². The summed E-state index contributed by atoms with van der Waals surface area (Å²) in [6, 6.07) is 3.91. The van der Waals surface area contributed by atoms with E-state index in [1.54, 1.807) is 24.9 Å². The highest BCUT2D eigenvalue weighted by Gasteiger charge is 2.50. The molecule has 1 saturated carbocycles. The van der Waals surface area contributed by atoms with E-state index in [0.717, 1.165) is 12.0 Å². The van der Waals surface area contributed by atoms with Crippen molar-refractivity contribution >= 4 is 11.8 Å². The molecule has 5 heteroatoms. The van der Waals surface area contributed by atoms with Crippen LogP contribution in [0, 0.1) is 5.92 Å². The molecule has 3 rings (SSSR count). The maximum atomic E-state index is 12.6. The lowest BCUT2D eigenvalue weighted by Gasteiger charge is -2.41. The third kappa shape index (κ3) is 2.07. The third-order valence-corrected chi connectivity index (χ3v) is 4.34. The van der Waals surface area contributed by atoms with Gasteiger partial charge >= 0.3 is 0 Å². The fourth-order valence-corrected chi connectivity index (χ4v) is 2.92. The fraction of sp³-hybridized carbons (Fsp3) is 0.533. The zero-order valence-corrected chi connectivity index (χ0v) is 11.8. The van der Waals surface area contributed by atoms with Crippen LogP contribution in [0.25, 0.3) is 0 Å². The lowest BCUT2D eigenvalue weighted by atomic mass is 9.97. The number of amides is 2. The quantitative estimate of drug-likeness (QED) is 0.871. The molecule has 1 aliphatic heterocycles. The standard InChI is InChI=1S/C15H19N3O2/c1-15(2)14(20)17-6-7-18(15)13(19)12-8-11(12)10-4-3-5-16-9-10/h3-5,9,11-12H,6-8H2,1-2H3,(H,17,20)/t11-,12-/m0/s1. The van der Waals surface area contributed by atoms with Crippen LogP contribution in [-0.4, -0.2) is 40.3 Å². The predicted octanol–water partition coefficient (Wildman–Crippen LogP) is 0.922. The summed E-state index contributed by atoms with van der Waals surface area (Å²) in [5, 5.41) is 2.82. The van der Waals surface area contributed by atoms with Gasteiger partial charge in [0.25, 0.3) is 0 Å². The third-order valence-electron chi connectivity index (χ3n) is 4.34. The summed E-state index contributed by atoms with van der Waals surface area (Å²) >= 11 is 0. The molecule has 2 aliphatic rings. The van der Waals surface area contributed by atoms with Crippen LogP contribution in [0.3, 0.4) is 0 Å². The first-order chi connectivity index (χ1) is 9.51. The number of rotatable bonds is 2. The molecule has 0 radical (unpaired) electrons. The van der Waals surface area contributed by atoms with Crippen molar-refractivity contribution in [2.24, 2.45) is 5.92 Å². The Bertz CT molecular complexity index is 541. The van der Waals surface area contributed by atoms with Gasteiger partial charge in [0.15, 0.2) is 0 Å². The number of piperazine rings is 1. The van der Waals surface area contributed by atoms with Gasteiger partial charge in [-0.15, -0.1) is 0 Å². The molecule has 1 N–H and O–H groups in total. The van der Waals surface area contributed by atoms with Gasteiger partial charge in [-0.2, -0.15) is 0 Å². The van der Waals surface area contributed by atoms with Gasteiger partial charge < -0.3 is 10.2 Å². The fourth-order valence-electron chi connectivity index (χ4n) is 2.92. The summed E-state index contributed by atoms with van der Waals surface area (Å²) < 4.78 is 0. The number of pyridine rings is 1. The van der Waals surface area contributed by atoms with Crippen LogP contribution in [-0.2, 0) is 9.59 Å². The summed E-state index contributed by atoms with van der Waals surface area (Å²) in [5.41, 5.74) is 0.363. The van der Waals surface area contributed by atoms with E-state index in [1.165, 1.54) is 0 Å². The van der Waals surface area contributed by atoms with Gasteiger partial charge in [0.2, 0.25) is 11.8 Å². The van der Waals surface area contributed by atoms with Gasteiger partial charge in [-0.3, -0.25) is 14.6 Å². The Labute approximate surface area is 118 Å². The minimum absolute atomic E-state index is 0.00405. The number of carbonyl (C=O) groups excluding carboxylic acids is 2. The van der Waals surface area contributed by atoms with Gasteiger partial charge in [-0.1, -0.05) is 6.07 Å². The average Bonchev–Trinajstić information content (AvgIpc) is 3.22. The highest BCUT2D eigenvalue weighted by molar-refractivity contribution is 5.93. The topological polar surface area (TPSA) is 62.3 Å². The van der Waals surface area contributed by atoms with Crippen LogP contribution >= 0.6 is 0 Å². The highest BCUT2D eigenvalue weighted by Crippen LogP contribution is 2.48. The Hall–Kier alpha value is -1.91. The molecule has 1 aliphatic carbocycles. The zero-order chi connectivity index (χ0) is 14.3. The first-order valence-corrected chi connectivity index (χ1v) is 7.01. The van der Waals surface area contributed by atoms with Gasteiger partial charge in [0.05, 0.1) is 0 Å². The maximum absolute atomic E-state index is 12.6. The second kappa shape index (κ2) is 4.58. The second-order valence-electron chi connectivity index (χ2n) is 6.04. The van der Waals surface area contributed by atoms with E-state index in [4.69, 9.17) is 0 Å². The molecule has 2 amide bonds.